The second kappa shape index (κ2) is 6.74. The molecule has 19 heavy (non-hydrogen) atoms. The lowest BCUT2D eigenvalue weighted by molar-refractivity contribution is 0.537. The van der Waals surface area contributed by atoms with Crippen molar-refractivity contribution in [2.45, 2.75) is 26.3 Å². The highest BCUT2D eigenvalue weighted by Gasteiger charge is 2.07. The van der Waals surface area contributed by atoms with Crippen molar-refractivity contribution in [2.75, 3.05) is 6.54 Å². The van der Waals surface area contributed by atoms with E-state index in [1.54, 1.807) is 0 Å². The molecule has 2 heteroatoms. The van der Waals surface area contributed by atoms with Crippen LogP contribution in [0, 0.1) is 0 Å². The Bertz CT molecular complexity index is 519. The van der Waals surface area contributed by atoms with Crippen molar-refractivity contribution in [1.29, 1.82) is 0 Å². The molecular weight excluding hydrogens is 254 g/mol. The summed E-state index contributed by atoms with van der Waals surface area (Å²) in [5.41, 5.74) is 3.71. The summed E-state index contributed by atoms with van der Waals surface area (Å²) in [7, 11) is 0. The maximum atomic E-state index is 6.03. The first-order valence-corrected chi connectivity index (χ1v) is 7.21. The zero-order chi connectivity index (χ0) is 13.7. The molecule has 1 N–H and O–H groups in total. The van der Waals surface area contributed by atoms with Crippen molar-refractivity contribution >= 4 is 11.6 Å². The first-order chi connectivity index (χ1) is 9.24. The fraction of sp³-hybridized carbons (Fsp3) is 0.294. The minimum atomic E-state index is 0.443. The van der Waals surface area contributed by atoms with Crippen molar-refractivity contribution in [3.05, 3.63) is 59.1 Å². The molecule has 100 valence electrons. The summed E-state index contributed by atoms with van der Waals surface area (Å²) in [6, 6.07) is 17.2. The fourth-order valence-electron chi connectivity index (χ4n) is 2.32. The Kier molecular flexibility index (Phi) is 5.00. The standard InChI is InChI=1S/C17H20ClN/c1-3-17(19-4-2)14-10-8-13(9-11-14)15-6-5-7-16(18)12-15/h5-12,17,19H,3-4H2,1-2H3. The molecule has 0 radical (unpaired) electrons. The van der Waals surface area contributed by atoms with E-state index in [-0.39, 0.29) is 0 Å². The van der Waals surface area contributed by atoms with Gasteiger partial charge in [-0.25, -0.2) is 0 Å². The molecule has 1 unspecified atom stereocenters. The van der Waals surface area contributed by atoms with Gasteiger partial charge in [-0.15, -0.1) is 0 Å². The molecule has 0 saturated heterocycles. The summed E-state index contributed by atoms with van der Waals surface area (Å²) in [5.74, 6) is 0. The number of rotatable bonds is 5. The van der Waals surface area contributed by atoms with Gasteiger partial charge < -0.3 is 5.32 Å². The van der Waals surface area contributed by atoms with Gasteiger partial charge in [-0.1, -0.05) is 61.8 Å². The molecular formula is C17H20ClN. The van der Waals surface area contributed by atoms with Crippen LogP contribution >= 0.6 is 11.6 Å². The topological polar surface area (TPSA) is 12.0 Å². The summed E-state index contributed by atoms with van der Waals surface area (Å²) in [6.45, 7) is 5.34. The van der Waals surface area contributed by atoms with E-state index < -0.39 is 0 Å². The highest BCUT2D eigenvalue weighted by atomic mass is 35.5. The lowest BCUT2D eigenvalue weighted by atomic mass is 9.99. The lowest BCUT2D eigenvalue weighted by Crippen LogP contribution is -2.19. The third-order valence-electron chi connectivity index (χ3n) is 3.33. The van der Waals surface area contributed by atoms with Crippen molar-refractivity contribution in [3.63, 3.8) is 0 Å². The second-order valence-electron chi connectivity index (χ2n) is 4.65. The Balaban J connectivity index is 2.23. The van der Waals surface area contributed by atoms with E-state index in [1.807, 2.05) is 18.2 Å². The summed E-state index contributed by atoms with van der Waals surface area (Å²) < 4.78 is 0. The van der Waals surface area contributed by atoms with Crippen LogP contribution in [0.15, 0.2) is 48.5 Å². The van der Waals surface area contributed by atoms with E-state index in [9.17, 15) is 0 Å². The molecule has 2 aromatic rings. The second-order valence-corrected chi connectivity index (χ2v) is 5.09. The number of hydrogen-bond acceptors (Lipinski definition) is 1. The van der Waals surface area contributed by atoms with Crippen LogP contribution in [0.2, 0.25) is 5.02 Å². The van der Waals surface area contributed by atoms with Gasteiger partial charge in [0.05, 0.1) is 0 Å². The third kappa shape index (κ3) is 3.59. The fourth-order valence-corrected chi connectivity index (χ4v) is 2.51. The Morgan fingerprint density at radius 3 is 2.32 bits per heavy atom. The van der Waals surface area contributed by atoms with Gasteiger partial charge in [-0.05, 0) is 41.8 Å². The summed E-state index contributed by atoms with van der Waals surface area (Å²) in [6.07, 6.45) is 1.10. The third-order valence-corrected chi connectivity index (χ3v) is 3.56. The number of nitrogens with one attached hydrogen (secondary N) is 1. The molecule has 2 aromatic carbocycles. The van der Waals surface area contributed by atoms with Crippen LogP contribution < -0.4 is 5.32 Å². The van der Waals surface area contributed by atoms with Crippen LogP contribution in [0.5, 0.6) is 0 Å². The molecule has 2 rings (SSSR count). The maximum Gasteiger partial charge on any atom is 0.0412 e. The van der Waals surface area contributed by atoms with Gasteiger partial charge in [-0.2, -0.15) is 0 Å². The molecule has 0 heterocycles. The van der Waals surface area contributed by atoms with Crippen molar-refractivity contribution in [2.24, 2.45) is 0 Å². The SMILES string of the molecule is CCNC(CC)c1ccc(-c2cccc(Cl)c2)cc1. The molecule has 1 atom stereocenters. The maximum absolute atomic E-state index is 6.03. The largest absolute Gasteiger partial charge is 0.310 e. The Hall–Kier alpha value is -1.31. The zero-order valence-corrected chi connectivity index (χ0v) is 12.2. The molecule has 0 amide bonds. The Labute approximate surface area is 120 Å². The quantitative estimate of drug-likeness (QED) is 0.802. The molecule has 0 aliphatic rings. The highest BCUT2D eigenvalue weighted by Crippen LogP contribution is 2.25. The summed E-state index contributed by atoms with van der Waals surface area (Å²) in [5, 5.41) is 4.27. The van der Waals surface area contributed by atoms with Gasteiger partial charge in [0.1, 0.15) is 0 Å². The van der Waals surface area contributed by atoms with E-state index in [0.29, 0.717) is 6.04 Å². The van der Waals surface area contributed by atoms with Crippen molar-refractivity contribution in [1.82, 2.24) is 5.32 Å². The van der Waals surface area contributed by atoms with Gasteiger partial charge >= 0.3 is 0 Å². The summed E-state index contributed by atoms with van der Waals surface area (Å²) >= 11 is 6.03. The highest BCUT2D eigenvalue weighted by molar-refractivity contribution is 6.30. The van der Waals surface area contributed by atoms with E-state index in [0.717, 1.165) is 23.6 Å². The molecule has 0 spiro atoms. The minimum Gasteiger partial charge on any atom is -0.310 e. The molecule has 0 saturated carbocycles. The van der Waals surface area contributed by atoms with E-state index >= 15 is 0 Å². The molecule has 0 bridgehead atoms. The van der Waals surface area contributed by atoms with Crippen molar-refractivity contribution in [3.8, 4) is 11.1 Å². The van der Waals surface area contributed by atoms with Crippen LogP contribution in [-0.4, -0.2) is 6.54 Å². The average molecular weight is 274 g/mol. The monoisotopic (exact) mass is 273 g/mol. The predicted octanol–water partition coefficient (Wildman–Crippen LogP) is 5.07. The van der Waals surface area contributed by atoms with Gasteiger partial charge in [-0.3, -0.25) is 0 Å². The zero-order valence-electron chi connectivity index (χ0n) is 11.5. The smallest absolute Gasteiger partial charge is 0.0412 e. The molecule has 1 nitrogen and oxygen atoms in total. The predicted molar refractivity (Wildman–Crippen MR) is 83.6 cm³/mol. The van der Waals surface area contributed by atoms with E-state index in [1.165, 1.54) is 11.1 Å². The average Bonchev–Trinajstić information content (AvgIpc) is 2.45. The van der Waals surface area contributed by atoms with Crippen LogP contribution in [0.3, 0.4) is 0 Å². The van der Waals surface area contributed by atoms with Crippen LogP contribution in [0.25, 0.3) is 11.1 Å². The summed E-state index contributed by atoms with van der Waals surface area (Å²) in [4.78, 5) is 0. The van der Waals surface area contributed by atoms with Crippen LogP contribution in [0.4, 0.5) is 0 Å². The van der Waals surface area contributed by atoms with E-state index in [4.69, 9.17) is 11.6 Å². The first-order valence-electron chi connectivity index (χ1n) is 6.84. The number of hydrogen-bond donors (Lipinski definition) is 1. The van der Waals surface area contributed by atoms with Crippen LogP contribution in [0.1, 0.15) is 31.9 Å². The van der Waals surface area contributed by atoms with Gasteiger partial charge in [0.25, 0.3) is 0 Å². The van der Waals surface area contributed by atoms with Crippen LogP contribution in [-0.2, 0) is 0 Å². The lowest BCUT2D eigenvalue weighted by Gasteiger charge is -2.16. The Morgan fingerprint density at radius 2 is 1.74 bits per heavy atom. The van der Waals surface area contributed by atoms with E-state index in [2.05, 4.69) is 49.5 Å². The van der Waals surface area contributed by atoms with Gasteiger partial charge in [0.2, 0.25) is 0 Å². The molecule has 0 aliphatic heterocycles. The number of benzene rings is 2. The Morgan fingerprint density at radius 1 is 1.00 bits per heavy atom. The van der Waals surface area contributed by atoms with Gasteiger partial charge in [0.15, 0.2) is 0 Å². The van der Waals surface area contributed by atoms with Gasteiger partial charge in [0, 0.05) is 11.1 Å². The first kappa shape index (κ1) is 14.1. The number of halogens is 1. The van der Waals surface area contributed by atoms with Crippen molar-refractivity contribution < 1.29 is 0 Å². The normalized spacial score (nSPS) is 12.4. The minimum absolute atomic E-state index is 0.443. The molecule has 0 aromatic heterocycles. The molecule has 0 aliphatic carbocycles. The molecule has 0 fully saturated rings.